The summed E-state index contributed by atoms with van der Waals surface area (Å²) in [6.45, 7) is 10.9. The number of ether oxygens (including phenoxy) is 1. The van der Waals surface area contributed by atoms with Crippen LogP contribution in [-0.2, 0) is 9.53 Å². The van der Waals surface area contributed by atoms with Crippen LogP contribution in [0.15, 0.2) is 0 Å². The fourth-order valence-electron chi connectivity index (χ4n) is 1.02. The molecule has 0 aliphatic carbocycles. The molecule has 2 unspecified atom stereocenters. The van der Waals surface area contributed by atoms with Crippen molar-refractivity contribution in [3.05, 3.63) is 0 Å². The average Bonchev–Trinajstić information content (AvgIpc) is 1.95. The number of carboxylic acid groups (broad SMARTS) is 1. The van der Waals surface area contributed by atoms with Gasteiger partial charge in [-0.25, -0.2) is 0 Å². The van der Waals surface area contributed by atoms with Crippen molar-refractivity contribution in [1.82, 2.24) is 5.32 Å². The number of rotatable bonds is 4. The van der Waals surface area contributed by atoms with Gasteiger partial charge in [-0.05, 0) is 0 Å². The van der Waals surface area contributed by atoms with E-state index in [-0.39, 0.29) is 10.3 Å². The molecular formula is C11H22AsNO4. The summed E-state index contributed by atoms with van der Waals surface area (Å²) in [5, 5.41) is 12.0. The Kier molecular flexibility index (Phi) is 5.69. The molecule has 0 fully saturated rings. The zero-order chi connectivity index (χ0) is 13.9. The number of carbonyl (C=O) groups is 2. The van der Waals surface area contributed by atoms with E-state index in [1.165, 1.54) is 0 Å². The van der Waals surface area contributed by atoms with E-state index >= 15 is 0 Å². The third-order valence-corrected chi connectivity index (χ3v) is 3.62. The molecule has 0 heterocycles. The first-order chi connectivity index (χ1) is 7.41. The van der Waals surface area contributed by atoms with Crippen LogP contribution in [-0.4, -0.2) is 47.6 Å². The molecule has 0 radical (unpaired) electrons. The monoisotopic (exact) mass is 307 g/mol. The molecule has 0 aromatic heterocycles. The third-order valence-electron chi connectivity index (χ3n) is 1.49. The maximum absolute atomic E-state index is 11.6. The first-order valence-corrected chi connectivity index (χ1v) is 7.67. The summed E-state index contributed by atoms with van der Waals surface area (Å²) in [4.78, 5) is 21.8. The number of carbonyl (C=O) groups excluding carboxylic acids is 1. The van der Waals surface area contributed by atoms with Crippen molar-refractivity contribution in [2.45, 2.75) is 57.5 Å². The van der Waals surface area contributed by atoms with Gasteiger partial charge in [-0.2, -0.15) is 0 Å². The van der Waals surface area contributed by atoms with Crippen LogP contribution < -0.4 is 5.32 Å². The van der Waals surface area contributed by atoms with Crippen molar-refractivity contribution in [2.75, 3.05) is 0 Å². The number of aliphatic carboxylic acids is 1. The second-order valence-corrected chi connectivity index (χ2v) is 8.49. The minimum atomic E-state index is -1.39. The number of hydrogen-bond acceptors (Lipinski definition) is 4. The van der Waals surface area contributed by atoms with E-state index in [0.717, 1.165) is 0 Å². The van der Waals surface area contributed by atoms with Gasteiger partial charge in [0.05, 0.1) is 0 Å². The molecule has 17 heavy (non-hydrogen) atoms. The molecule has 0 aromatic rings. The molecule has 0 amide bonds. The zero-order valence-electron chi connectivity index (χ0n) is 11.2. The van der Waals surface area contributed by atoms with Crippen LogP contribution >= 0.6 is 0 Å². The number of carboxylic acids is 1. The second kappa shape index (κ2) is 5.87. The molecule has 0 bridgehead atoms. The summed E-state index contributed by atoms with van der Waals surface area (Å²) in [6, 6.07) is 0. The van der Waals surface area contributed by atoms with Crippen LogP contribution in [0.1, 0.15) is 41.5 Å². The van der Waals surface area contributed by atoms with Gasteiger partial charge < -0.3 is 0 Å². The Labute approximate surface area is 109 Å². The van der Waals surface area contributed by atoms with Gasteiger partial charge in [-0.15, -0.1) is 0 Å². The zero-order valence-corrected chi connectivity index (χ0v) is 13.3. The van der Waals surface area contributed by atoms with E-state index in [9.17, 15) is 9.59 Å². The SMILES string of the molecule is CC(C)(C)NC([AsH]C(=O)OC(C)(C)C)C(=O)O. The molecule has 0 saturated heterocycles. The molecular weight excluding hydrogens is 285 g/mol. The molecule has 100 valence electrons. The van der Waals surface area contributed by atoms with Crippen molar-refractivity contribution < 1.29 is 19.4 Å². The molecule has 0 spiro atoms. The molecule has 0 aromatic carbocycles. The Hall–Kier alpha value is -0.542. The number of hydrogen-bond donors (Lipinski definition) is 2. The average molecular weight is 307 g/mol. The van der Waals surface area contributed by atoms with Crippen molar-refractivity contribution in [2.24, 2.45) is 0 Å². The van der Waals surface area contributed by atoms with Gasteiger partial charge in [-0.3, -0.25) is 0 Å². The Bertz CT molecular complexity index is 291. The van der Waals surface area contributed by atoms with Crippen LogP contribution in [0.2, 0.25) is 0 Å². The Morgan fingerprint density at radius 1 is 1.18 bits per heavy atom. The summed E-state index contributed by atoms with van der Waals surface area (Å²) in [5.41, 5.74) is -0.903. The van der Waals surface area contributed by atoms with Gasteiger partial charge in [0.15, 0.2) is 0 Å². The van der Waals surface area contributed by atoms with E-state index in [4.69, 9.17) is 9.84 Å². The quantitative estimate of drug-likeness (QED) is 0.762. The van der Waals surface area contributed by atoms with Gasteiger partial charge in [-0.1, -0.05) is 0 Å². The second-order valence-electron chi connectivity index (χ2n) is 5.81. The normalized spacial score (nSPS) is 14.9. The summed E-state index contributed by atoms with van der Waals surface area (Å²) >= 11 is -1.39. The van der Waals surface area contributed by atoms with Gasteiger partial charge in [0, 0.05) is 0 Å². The summed E-state index contributed by atoms with van der Waals surface area (Å²) in [5.74, 6) is -0.995. The van der Waals surface area contributed by atoms with E-state index in [0.29, 0.717) is 0 Å². The first kappa shape index (κ1) is 16.5. The molecule has 6 heteroatoms. The first-order valence-electron chi connectivity index (χ1n) is 5.41. The van der Waals surface area contributed by atoms with Crippen LogP contribution in [0.5, 0.6) is 0 Å². The van der Waals surface area contributed by atoms with E-state index in [2.05, 4.69) is 5.32 Å². The Morgan fingerprint density at radius 2 is 1.65 bits per heavy atom. The fraction of sp³-hybridized carbons (Fsp3) is 0.818. The third kappa shape index (κ3) is 9.19. The van der Waals surface area contributed by atoms with Crippen molar-refractivity contribution in [1.29, 1.82) is 0 Å². The molecule has 2 N–H and O–H groups in total. The molecule has 2 atom stereocenters. The summed E-state index contributed by atoms with van der Waals surface area (Å²) in [7, 11) is 0. The molecule has 0 saturated carbocycles. The van der Waals surface area contributed by atoms with Crippen molar-refractivity contribution >= 4 is 26.5 Å². The maximum atomic E-state index is 11.6. The van der Waals surface area contributed by atoms with E-state index in [1.807, 2.05) is 20.8 Å². The van der Waals surface area contributed by atoms with Gasteiger partial charge >= 0.3 is 109 Å². The molecule has 0 aliphatic heterocycles. The van der Waals surface area contributed by atoms with Gasteiger partial charge in [0.2, 0.25) is 0 Å². The van der Waals surface area contributed by atoms with Crippen LogP contribution in [0.25, 0.3) is 0 Å². The van der Waals surface area contributed by atoms with Crippen LogP contribution in [0, 0.1) is 0 Å². The predicted octanol–water partition coefficient (Wildman–Crippen LogP) is 1.16. The molecule has 0 aliphatic rings. The number of nitrogens with one attached hydrogen (secondary N) is 1. The summed E-state index contributed by atoms with van der Waals surface area (Å²) < 4.78 is 4.76. The molecule has 5 nitrogen and oxygen atoms in total. The van der Waals surface area contributed by atoms with Crippen LogP contribution in [0.3, 0.4) is 0 Å². The predicted molar refractivity (Wildman–Crippen MR) is 67.7 cm³/mol. The molecule has 0 rings (SSSR count). The standard InChI is InChI=1S/C11H22AsNO4/c1-10(2,3)13-7(8(14)15)12-9(16)17-11(4,5)6/h7,12-13H,1-6H3,(H,14,15). The van der Waals surface area contributed by atoms with E-state index in [1.54, 1.807) is 20.8 Å². The Balaban J connectivity index is 4.47. The fourth-order valence-corrected chi connectivity index (χ4v) is 3.60. The topological polar surface area (TPSA) is 75.6 Å². The Morgan fingerprint density at radius 3 is 1.94 bits per heavy atom. The summed E-state index contributed by atoms with van der Waals surface area (Å²) in [6.07, 6.45) is 0. The van der Waals surface area contributed by atoms with Crippen LogP contribution in [0.4, 0.5) is 4.79 Å². The van der Waals surface area contributed by atoms with Crippen molar-refractivity contribution in [3.8, 4) is 0 Å². The van der Waals surface area contributed by atoms with E-state index < -0.39 is 32.2 Å². The van der Waals surface area contributed by atoms with Crippen molar-refractivity contribution in [3.63, 3.8) is 0 Å². The van der Waals surface area contributed by atoms with Gasteiger partial charge in [0.1, 0.15) is 0 Å². The minimum absolute atomic E-state index is 0.339. The van der Waals surface area contributed by atoms with Gasteiger partial charge in [0.25, 0.3) is 0 Å².